The third kappa shape index (κ3) is 3.70. The summed E-state index contributed by atoms with van der Waals surface area (Å²) >= 11 is 4.52. The second kappa shape index (κ2) is 6.65. The maximum Gasteiger partial charge on any atom is 0.419 e. The lowest BCUT2D eigenvalue weighted by molar-refractivity contribution is -0.181. The van der Waals surface area contributed by atoms with Crippen molar-refractivity contribution in [2.45, 2.75) is 24.7 Å². The van der Waals surface area contributed by atoms with Crippen LogP contribution in [0, 0.1) is 11.6 Å². The van der Waals surface area contributed by atoms with Crippen molar-refractivity contribution < 1.29 is 27.1 Å². The average molecular weight is 441 g/mol. The molecule has 0 aliphatic carbocycles. The van der Waals surface area contributed by atoms with E-state index in [9.17, 15) is 27.1 Å². The Morgan fingerprint density at radius 1 is 1.24 bits per heavy atom. The van der Waals surface area contributed by atoms with Gasteiger partial charge >= 0.3 is 6.18 Å². The molecule has 1 aliphatic heterocycles. The van der Waals surface area contributed by atoms with E-state index in [-0.39, 0.29) is 12.1 Å². The maximum absolute atomic E-state index is 14.1. The van der Waals surface area contributed by atoms with Gasteiger partial charge in [-0.25, -0.2) is 8.78 Å². The Bertz CT molecular complexity index is 822. The summed E-state index contributed by atoms with van der Waals surface area (Å²) in [5.74, 6) is -1.76. The maximum atomic E-state index is 14.1. The van der Waals surface area contributed by atoms with Gasteiger partial charge in [-0.1, -0.05) is 0 Å². The van der Waals surface area contributed by atoms with E-state index in [1.54, 1.807) is 12.1 Å². The number of hydrogen-bond donors (Lipinski definition) is 1. The van der Waals surface area contributed by atoms with Crippen LogP contribution in [-0.2, 0) is 0 Å². The molecule has 25 heavy (non-hydrogen) atoms. The van der Waals surface area contributed by atoms with Gasteiger partial charge in [0.2, 0.25) is 0 Å². The Morgan fingerprint density at radius 3 is 2.52 bits per heavy atom. The fraction of sp³-hybridized carbons (Fsp3) is 0.267. The Labute approximate surface area is 151 Å². The lowest BCUT2D eigenvalue weighted by Gasteiger charge is -2.23. The number of nitrogens with zero attached hydrogens (tertiary/aromatic N) is 2. The van der Waals surface area contributed by atoms with Gasteiger partial charge in [0, 0.05) is 17.4 Å². The fourth-order valence-corrected chi connectivity index (χ4v) is 4.02. The number of alkyl halides is 3. The average Bonchev–Trinajstić information content (AvgIpc) is 3.11. The van der Waals surface area contributed by atoms with Crippen LogP contribution in [0.5, 0.6) is 0 Å². The van der Waals surface area contributed by atoms with Gasteiger partial charge in [0.25, 0.3) is 0 Å². The quantitative estimate of drug-likeness (QED) is 0.680. The summed E-state index contributed by atoms with van der Waals surface area (Å²) in [7, 11) is 0. The number of rotatable bonds is 3. The van der Waals surface area contributed by atoms with Crippen molar-refractivity contribution in [3.05, 3.63) is 50.6 Å². The molecule has 2 unspecified atom stereocenters. The van der Waals surface area contributed by atoms with Crippen LogP contribution >= 0.6 is 27.3 Å². The van der Waals surface area contributed by atoms with E-state index in [4.69, 9.17) is 0 Å². The van der Waals surface area contributed by atoms with Crippen LogP contribution in [0.15, 0.2) is 39.2 Å². The first-order valence-corrected chi connectivity index (χ1v) is 8.59. The number of anilines is 1. The lowest BCUT2D eigenvalue weighted by atomic mass is 10.0. The summed E-state index contributed by atoms with van der Waals surface area (Å²) in [5, 5.41) is 14.3. The summed E-state index contributed by atoms with van der Waals surface area (Å²) in [6.45, 7) is 0. The van der Waals surface area contributed by atoms with Crippen molar-refractivity contribution in [2.24, 2.45) is 5.10 Å². The molecule has 0 bridgehead atoms. The number of hydrazone groups is 1. The van der Waals surface area contributed by atoms with Gasteiger partial charge in [-0.3, -0.25) is 5.01 Å². The Balaban J connectivity index is 2.03. The SMILES string of the molecule is OC(C1=NN(c2ccc(F)cc2F)C(c2ccc(Br)s2)C1)C(F)(F)F. The molecule has 2 heterocycles. The molecule has 1 N–H and O–H groups in total. The molecule has 2 aromatic rings. The van der Waals surface area contributed by atoms with Crippen LogP contribution < -0.4 is 5.01 Å². The smallest absolute Gasteiger partial charge is 0.378 e. The molecular weight excluding hydrogens is 431 g/mol. The van der Waals surface area contributed by atoms with Crippen molar-refractivity contribution in [1.82, 2.24) is 0 Å². The van der Waals surface area contributed by atoms with Crippen molar-refractivity contribution in [3.8, 4) is 0 Å². The topological polar surface area (TPSA) is 35.8 Å². The second-order valence-corrected chi connectivity index (χ2v) is 7.83. The van der Waals surface area contributed by atoms with Crippen LogP contribution in [-0.4, -0.2) is 23.1 Å². The molecule has 0 amide bonds. The lowest BCUT2D eigenvalue weighted by Crippen LogP contribution is -2.35. The standard InChI is InChI=1S/C15H10BrF5N2OS/c16-13-4-3-12(25-13)11-6-9(14(24)15(19,20)21)22-23(11)10-2-1-7(17)5-8(10)18/h1-5,11,14,24H,6H2. The minimum Gasteiger partial charge on any atom is -0.378 e. The minimum atomic E-state index is -4.88. The van der Waals surface area contributed by atoms with Crippen LogP contribution in [0.25, 0.3) is 0 Å². The summed E-state index contributed by atoms with van der Waals surface area (Å²) in [6.07, 6.45) is -7.85. The summed E-state index contributed by atoms with van der Waals surface area (Å²) in [5.41, 5.74) is -0.689. The molecule has 3 nitrogen and oxygen atoms in total. The number of halogens is 6. The molecule has 1 aromatic heterocycles. The Hall–Kier alpha value is -1.52. The van der Waals surface area contributed by atoms with Gasteiger partial charge in [-0.2, -0.15) is 18.3 Å². The first-order valence-electron chi connectivity index (χ1n) is 6.98. The second-order valence-electron chi connectivity index (χ2n) is 5.34. The van der Waals surface area contributed by atoms with E-state index in [1.807, 2.05) is 0 Å². The van der Waals surface area contributed by atoms with Crippen LogP contribution in [0.3, 0.4) is 0 Å². The van der Waals surface area contributed by atoms with Crippen LogP contribution in [0.1, 0.15) is 17.3 Å². The summed E-state index contributed by atoms with van der Waals surface area (Å²) in [6, 6.07) is 5.37. The van der Waals surface area contributed by atoms with E-state index >= 15 is 0 Å². The highest BCUT2D eigenvalue weighted by molar-refractivity contribution is 9.11. The predicted octanol–water partition coefficient (Wildman–Crippen LogP) is 5.02. The molecule has 10 heteroatoms. The summed E-state index contributed by atoms with van der Waals surface area (Å²) in [4.78, 5) is 0.628. The summed E-state index contributed by atoms with van der Waals surface area (Å²) < 4.78 is 66.4. The zero-order chi connectivity index (χ0) is 18.4. The first-order chi connectivity index (χ1) is 11.7. The van der Waals surface area contributed by atoms with Gasteiger partial charge in [0.1, 0.15) is 5.82 Å². The first kappa shape index (κ1) is 18.3. The zero-order valence-electron chi connectivity index (χ0n) is 12.3. The van der Waals surface area contributed by atoms with Gasteiger partial charge in [0.15, 0.2) is 11.9 Å². The van der Waals surface area contributed by atoms with Gasteiger partial charge in [0.05, 0.1) is 21.2 Å². The molecule has 0 spiro atoms. The fourth-order valence-electron chi connectivity index (χ4n) is 2.51. The predicted molar refractivity (Wildman–Crippen MR) is 87.7 cm³/mol. The number of hydrogen-bond acceptors (Lipinski definition) is 4. The van der Waals surface area contributed by atoms with Gasteiger partial charge in [-0.05, 0) is 40.2 Å². The largest absolute Gasteiger partial charge is 0.419 e. The molecule has 0 radical (unpaired) electrons. The van der Waals surface area contributed by atoms with Crippen molar-refractivity contribution >= 4 is 38.7 Å². The highest BCUT2D eigenvalue weighted by Crippen LogP contribution is 2.41. The normalized spacial score (nSPS) is 19.2. The van der Waals surface area contributed by atoms with E-state index in [2.05, 4.69) is 21.0 Å². The van der Waals surface area contributed by atoms with Crippen molar-refractivity contribution in [2.75, 3.05) is 5.01 Å². The molecular formula is C15H10BrF5N2OS. The third-order valence-corrected chi connectivity index (χ3v) is 5.36. The molecule has 0 saturated carbocycles. The molecule has 3 rings (SSSR count). The highest BCUT2D eigenvalue weighted by Gasteiger charge is 2.46. The van der Waals surface area contributed by atoms with Gasteiger partial charge < -0.3 is 5.11 Å². The van der Waals surface area contributed by atoms with E-state index in [1.165, 1.54) is 11.3 Å². The number of thiophene rings is 1. The van der Waals surface area contributed by atoms with Crippen molar-refractivity contribution in [3.63, 3.8) is 0 Å². The molecule has 134 valence electrons. The molecule has 1 aromatic carbocycles. The molecule has 0 fully saturated rings. The monoisotopic (exact) mass is 440 g/mol. The van der Waals surface area contributed by atoms with Gasteiger partial charge in [-0.15, -0.1) is 11.3 Å². The molecule has 0 saturated heterocycles. The number of aliphatic hydroxyl groups is 1. The van der Waals surface area contributed by atoms with E-state index in [0.717, 1.165) is 20.9 Å². The van der Waals surface area contributed by atoms with Crippen molar-refractivity contribution in [1.29, 1.82) is 0 Å². The zero-order valence-corrected chi connectivity index (χ0v) is 14.7. The van der Waals surface area contributed by atoms with Crippen LogP contribution in [0.4, 0.5) is 27.6 Å². The minimum absolute atomic E-state index is 0.166. The molecule has 1 aliphatic rings. The number of aliphatic hydroxyl groups excluding tert-OH is 1. The van der Waals surface area contributed by atoms with Crippen LogP contribution in [0.2, 0.25) is 0 Å². The third-order valence-electron chi connectivity index (χ3n) is 3.64. The molecule has 2 atom stereocenters. The number of benzene rings is 1. The van der Waals surface area contributed by atoms with E-state index < -0.39 is 35.7 Å². The highest BCUT2D eigenvalue weighted by atomic mass is 79.9. The van der Waals surface area contributed by atoms with E-state index in [0.29, 0.717) is 10.9 Å². The Kier molecular flexibility index (Phi) is 4.86. The Morgan fingerprint density at radius 2 is 1.96 bits per heavy atom.